The van der Waals surface area contributed by atoms with Gasteiger partial charge in [0.05, 0.1) is 18.1 Å². The van der Waals surface area contributed by atoms with Crippen LogP contribution in [0, 0.1) is 6.92 Å². The lowest BCUT2D eigenvalue weighted by Crippen LogP contribution is -2.29. The summed E-state index contributed by atoms with van der Waals surface area (Å²) in [5.74, 6) is 0.842. The summed E-state index contributed by atoms with van der Waals surface area (Å²) in [5, 5.41) is 0. The fourth-order valence-electron chi connectivity index (χ4n) is 5.58. The van der Waals surface area contributed by atoms with Gasteiger partial charge in [-0.25, -0.2) is 9.59 Å². The standard InChI is InChI=1S/C36H22Br2O5/c1-22-9-11-25(18-31(22)35(41)42-3)36(32-20-27(37)13-15-29(32)30-16-14-28(38)21-33(30)36)26-12-10-24(8-6-4-5-7-17-39)34(19-26)43-23(2)40/h8-16,18-21H,1-3H3. The minimum atomic E-state index is -0.918. The smallest absolute Gasteiger partial charge is 0.338 e. The molecule has 0 fully saturated rings. The van der Waals surface area contributed by atoms with Crippen molar-refractivity contribution in [3.8, 4) is 16.9 Å². The van der Waals surface area contributed by atoms with E-state index in [4.69, 9.17) is 9.47 Å². The van der Waals surface area contributed by atoms with Crippen LogP contribution in [0.4, 0.5) is 0 Å². The highest BCUT2D eigenvalue weighted by Gasteiger charge is 2.47. The number of hydrogen-bond donors (Lipinski definition) is 0. The summed E-state index contributed by atoms with van der Waals surface area (Å²) >= 11 is 7.36. The lowest BCUT2D eigenvalue weighted by atomic mass is 9.67. The highest BCUT2D eigenvalue weighted by molar-refractivity contribution is 9.10. The van der Waals surface area contributed by atoms with Crippen molar-refractivity contribution in [2.75, 3.05) is 7.11 Å². The van der Waals surface area contributed by atoms with Crippen molar-refractivity contribution in [1.82, 2.24) is 0 Å². The molecule has 5 nitrogen and oxygen atoms in total. The van der Waals surface area contributed by atoms with Crippen molar-refractivity contribution in [1.29, 1.82) is 0 Å². The largest absolute Gasteiger partial charge is 0.465 e. The third-order valence-electron chi connectivity index (χ3n) is 7.31. The van der Waals surface area contributed by atoms with Crippen molar-refractivity contribution in [3.05, 3.63) is 144 Å². The fourth-order valence-corrected chi connectivity index (χ4v) is 6.30. The normalized spacial score (nSPS) is 11.8. The van der Waals surface area contributed by atoms with Gasteiger partial charge in [0.25, 0.3) is 0 Å². The van der Waals surface area contributed by atoms with E-state index < -0.39 is 17.4 Å². The van der Waals surface area contributed by atoms with Crippen molar-refractivity contribution in [2.24, 2.45) is 0 Å². The van der Waals surface area contributed by atoms with Crippen molar-refractivity contribution < 1.29 is 23.9 Å². The van der Waals surface area contributed by atoms with Gasteiger partial charge in [-0.15, -0.1) is 0 Å². The number of benzene rings is 4. The summed E-state index contributed by atoms with van der Waals surface area (Å²) in [4.78, 5) is 35.5. The van der Waals surface area contributed by atoms with E-state index in [2.05, 4.69) is 79.1 Å². The maximum atomic E-state index is 12.9. The number of methoxy groups -OCH3 is 1. The first-order chi connectivity index (χ1) is 20.7. The average molecular weight is 694 g/mol. The SMILES string of the molecule is COC(=O)c1cc(C2(c3ccc(C=C=C=C=C=C=O)c(OC(C)=O)c3)c3cc(Br)ccc3-c3ccc(Br)cc32)ccc1C. The zero-order valence-electron chi connectivity index (χ0n) is 23.3. The van der Waals surface area contributed by atoms with E-state index in [0.717, 1.165) is 47.9 Å². The first kappa shape index (κ1) is 29.8. The van der Waals surface area contributed by atoms with Crippen molar-refractivity contribution in [3.63, 3.8) is 0 Å². The molecule has 0 amide bonds. The molecule has 0 aliphatic heterocycles. The van der Waals surface area contributed by atoms with Gasteiger partial charge in [0.15, 0.2) is 5.94 Å². The zero-order chi connectivity index (χ0) is 30.7. The van der Waals surface area contributed by atoms with Crippen LogP contribution in [0.2, 0.25) is 0 Å². The summed E-state index contributed by atoms with van der Waals surface area (Å²) in [6.45, 7) is 3.20. The number of rotatable bonds is 5. The lowest BCUT2D eigenvalue weighted by molar-refractivity contribution is -0.131. The number of esters is 2. The Bertz CT molecular complexity index is 1980. The summed E-state index contributed by atoms with van der Waals surface area (Å²) < 4.78 is 12.6. The van der Waals surface area contributed by atoms with Crippen LogP contribution < -0.4 is 4.74 Å². The Hall–Kier alpha value is -4.65. The van der Waals surface area contributed by atoms with Crippen LogP contribution in [0.5, 0.6) is 5.75 Å². The molecule has 7 heteroatoms. The minimum Gasteiger partial charge on any atom is -0.465 e. The molecule has 0 atom stereocenters. The first-order valence-electron chi connectivity index (χ1n) is 13.0. The van der Waals surface area contributed by atoms with Gasteiger partial charge < -0.3 is 9.47 Å². The second-order valence-corrected chi connectivity index (χ2v) is 11.6. The number of carbonyl (C=O) groups is 2. The molecule has 0 saturated heterocycles. The molecule has 43 heavy (non-hydrogen) atoms. The van der Waals surface area contributed by atoms with Crippen LogP contribution in [0.3, 0.4) is 0 Å². The molecule has 0 saturated carbocycles. The van der Waals surface area contributed by atoms with Crippen LogP contribution >= 0.6 is 31.9 Å². The number of carbonyl (C=O) groups excluding carboxylic acids is 3. The summed E-state index contributed by atoms with van der Waals surface area (Å²) in [7, 11) is 1.37. The molecule has 0 bridgehead atoms. The van der Waals surface area contributed by atoms with Gasteiger partial charge in [0.2, 0.25) is 0 Å². The maximum absolute atomic E-state index is 12.9. The molecule has 5 rings (SSSR count). The van der Waals surface area contributed by atoms with Crippen molar-refractivity contribution in [2.45, 2.75) is 19.3 Å². The molecular weight excluding hydrogens is 672 g/mol. The Kier molecular flexibility index (Phi) is 8.53. The Morgan fingerprint density at radius 2 is 1.44 bits per heavy atom. The van der Waals surface area contributed by atoms with Gasteiger partial charge in [-0.3, -0.25) is 4.79 Å². The monoisotopic (exact) mass is 692 g/mol. The molecule has 1 aliphatic carbocycles. The molecule has 210 valence electrons. The molecule has 0 aromatic heterocycles. The Morgan fingerprint density at radius 3 is 2.05 bits per heavy atom. The Morgan fingerprint density at radius 1 is 0.814 bits per heavy atom. The van der Waals surface area contributed by atoms with E-state index in [1.165, 1.54) is 20.0 Å². The van der Waals surface area contributed by atoms with E-state index >= 15 is 0 Å². The highest BCUT2D eigenvalue weighted by atomic mass is 79.9. The number of halogens is 2. The van der Waals surface area contributed by atoms with Gasteiger partial charge in [-0.1, -0.05) is 74.0 Å². The van der Waals surface area contributed by atoms with E-state index in [9.17, 15) is 14.4 Å². The molecule has 0 unspecified atom stereocenters. The molecule has 1 aliphatic rings. The summed E-state index contributed by atoms with van der Waals surface area (Å²) in [5.41, 5.74) is 16.4. The molecule has 0 N–H and O–H groups in total. The minimum absolute atomic E-state index is 0.300. The molecule has 4 aromatic carbocycles. The van der Waals surface area contributed by atoms with Gasteiger partial charge >= 0.3 is 11.9 Å². The highest BCUT2D eigenvalue weighted by Crippen LogP contribution is 2.57. The number of fused-ring (bicyclic) bond motifs is 3. The van der Waals surface area contributed by atoms with Crippen LogP contribution in [0.25, 0.3) is 17.2 Å². The molecule has 0 radical (unpaired) electrons. The Labute approximate surface area is 265 Å². The predicted octanol–water partition coefficient (Wildman–Crippen LogP) is 8.06. The van der Waals surface area contributed by atoms with Crippen LogP contribution in [-0.4, -0.2) is 25.0 Å². The average Bonchev–Trinajstić information content (AvgIpc) is 3.26. The van der Waals surface area contributed by atoms with E-state index in [0.29, 0.717) is 16.9 Å². The third kappa shape index (κ3) is 5.47. The number of ether oxygens (including phenoxy) is 2. The van der Waals surface area contributed by atoms with E-state index in [1.54, 1.807) is 6.08 Å². The number of aryl methyl sites for hydroxylation is 1. The molecule has 0 spiro atoms. The maximum Gasteiger partial charge on any atom is 0.338 e. The fraction of sp³-hybridized carbons (Fsp3) is 0.111. The molecule has 4 aromatic rings. The third-order valence-corrected chi connectivity index (χ3v) is 8.30. The van der Waals surface area contributed by atoms with Gasteiger partial charge in [-0.05, 0) is 88.0 Å². The topological polar surface area (TPSA) is 69.7 Å². The van der Waals surface area contributed by atoms with Gasteiger partial charge in [-0.2, -0.15) is 0 Å². The van der Waals surface area contributed by atoms with E-state index in [-0.39, 0.29) is 0 Å². The second-order valence-electron chi connectivity index (χ2n) is 9.76. The first-order valence-corrected chi connectivity index (χ1v) is 14.6. The number of hydrogen-bond acceptors (Lipinski definition) is 5. The quantitative estimate of drug-likeness (QED) is 0.0807. The summed E-state index contributed by atoms with van der Waals surface area (Å²) in [6.07, 6.45) is 1.57. The molecule has 0 heterocycles. The van der Waals surface area contributed by atoms with Crippen molar-refractivity contribution >= 4 is 55.8 Å². The van der Waals surface area contributed by atoms with Gasteiger partial charge in [0.1, 0.15) is 5.75 Å². The second kappa shape index (κ2) is 12.3. The van der Waals surface area contributed by atoms with Gasteiger partial charge in [0, 0.05) is 39.0 Å². The predicted molar refractivity (Wildman–Crippen MR) is 171 cm³/mol. The van der Waals surface area contributed by atoms with Crippen LogP contribution in [0.1, 0.15) is 50.7 Å². The molecular formula is C36H22Br2O5. The van der Waals surface area contributed by atoms with Crippen LogP contribution in [0.15, 0.2) is 105 Å². The lowest BCUT2D eigenvalue weighted by Gasteiger charge is -2.35. The Balaban J connectivity index is 1.93. The van der Waals surface area contributed by atoms with E-state index in [1.807, 2.05) is 55.5 Å². The van der Waals surface area contributed by atoms with Crippen LogP contribution in [-0.2, 0) is 19.7 Å². The summed E-state index contributed by atoms with van der Waals surface area (Å²) in [6, 6.07) is 23.8. The zero-order valence-corrected chi connectivity index (χ0v) is 26.5.